The molecule has 0 saturated carbocycles. The van der Waals surface area contributed by atoms with Crippen LogP contribution in [-0.2, 0) is 4.79 Å². The van der Waals surface area contributed by atoms with Crippen molar-refractivity contribution in [2.45, 2.75) is 20.8 Å². The van der Waals surface area contributed by atoms with Gasteiger partial charge in [-0.1, -0.05) is 24.3 Å². The lowest BCUT2D eigenvalue weighted by Crippen LogP contribution is -1.94. The third-order valence-electron chi connectivity index (χ3n) is 2.14. The van der Waals surface area contributed by atoms with Crippen LogP contribution in [-0.4, -0.2) is 6.29 Å². The van der Waals surface area contributed by atoms with E-state index < -0.39 is 0 Å². The Bertz CT molecular complexity index is 338. The summed E-state index contributed by atoms with van der Waals surface area (Å²) in [4.78, 5) is 10.6. The molecule has 0 radical (unpaired) electrons. The van der Waals surface area contributed by atoms with Crippen molar-refractivity contribution in [3.8, 4) is 0 Å². The van der Waals surface area contributed by atoms with Crippen molar-refractivity contribution in [3.63, 3.8) is 0 Å². The first-order valence-electron chi connectivity index (χ1n) is 4.28. The number of carbonyl (C=O) groups is 1. The van der Waals surface area contributed by atoms with Gasteiger partial charge in [0.25, 0.3) is 0 Å². The lowest BCUT2D eigenvalue weighted by molar-refractivity contribution is -0.103. The van der Waals surface area contributed by atoms with Crippen LogP contribution in [0.4, 0.5) is 0 Å². The van der Waals surface area contributed by atoms with Gasteiger partial charge in [-0.25, -0.2) is 0 Å². The summed E-state index contributed by atoms with van der Waals surface area (Å²) in [6.45, 7) is 9.78. The average Bonchev–Trinajstić information content (AvgIpc) is 2.02. The Morgan fingerprint density at radius 1 is 1.23 bits per heavy atom. The maximum Gasteiger partial charge on any atom is 0.150 e. The van der Waals surface area contributed by atoms with E-state index >= 15 is 0 Å². The highest BCUT2D eigenvalue weighted by Gasteiger charge is 2.05. The Labute approximate surface area is 79.1 Å². The number of allylic oxidation sites excluding steroid dienone is 1. The number of aldehydes is 1. The van der Waals surface area contributed by atoms with E-state index in [1.807, 2.05) is 20.8 Å². The molecule has 0 unspecified atom stereocenters. The van der Waals surface area contributed by atoms with E-state index in [1.54, 1.807) is 0 Å². The van der Waals surface area contributed by atoms with E-state index in [2.05, 4.69) is 18.7 Å². The molecule has 0 fully saturated rings. The van der Waals surface area contributed by atoms with E-state index in [9.17, 15) is 4.79 Å². The minimum Gasteiger partial charge on any atom is -0.298 e. The van der Waals surface area contributed by atoms with Crippen LogP contribution in [0.25, 0.3) is 5.57 Å². The molecule has 0 amide bonds. The largest absolute Gasteiger partial charge is 0.298 e. The molecule has 0 atom stereocenters. The van der Waals surface area contributed by atoms with Crippen molar-refractivity contribution in [1.29, 1.82) is 0 Å². The standard InChI is InChI=1S/C12H14O/c1-8-5-9(2)12(10(3)6-8)11(4)7-13/h5-7H,4H2,1-3H3. The molecule has 0 aliphatic heterocycles. The zero-order chi connectivity index (χ0) is 10.0. The summed E-state index contributed by atoms with van der Waals surface area (Å²) in [5, 5.41) is 0. The summed E-state index contributed by atoms with van der Waals surface area (Å²) < 4.78 is 0. The fourth-order valence-electron chi connectivity index (χ4n) is 1.75. The second-order valence-corrected chi connectivity index (χ2v) is 3.42. The lowest BCUT2D eigenvalue weighted by Gasteiger charge is -2.09. The van der Waals surface area contributed by atoms with E-state index in [0.29, 0.717) is 5.57 Å². The molecule has 13 heavy (non-hydrogen) atoms. The maximum atomic E-state index is 10.6. The van der Waals surface area contributed by atoms with Crippen LogP contribution in [0.5, 0.6) is 0 Å². The van der Waals surface area contributed by atoms with Gasteiger partial charge in [-0.3, -0.25) is 4.79 Å². The highest BCUT2D eigenvalue weighted by Crippen LogP contribution is 2.21. The van der Waals surface area contributed by atoms with Crippen molar-refractivity contribution in [1.82, 2.24) is 0 Å². The Morgan fingerprint density at radius 3 is 2.08 bits per heavy atom. The normalized spacial score (nSPS) is 9.77. The van der Waals surface area contributed by atoms with Crippen LogP contribution in [0.2, 0.25) is 0 Å². The predicted octanol–water partition coefficient (Wildman–Crippen LogP) is 2.82. The molecule has 1 rings (SSSR count). The first-order chi connectivity index (χ1) is 6.06. The number of hydrogen-bond donors (Lipinski definition) is 0. The number of rotatable bonds is 2. The number of carbonyl (C=O) groups excluding carboxylic acids is 1. The number of hydrogen-bond acceptors (Lipinski definition) is 1. The van der Waals surface area contributed by atoms with Crippen LogP contribution in [0.15, 0.2) is 18.7 Å². The van der Waals surface area contributed by atoms with Gasteiger partial charge < -0.3 is 0 Å². The molecule has 68 valence electrons. The van der Waals surface area contributed by atoms with E-state index in [0.717, 1.165) is 23.0 Å². The fourth-order valence-corrected chi connectivity index (χ4v) is 1.75. The molecule has 1 aromatic rings. The smallest absolute Gasteiger partial charge is 0.150 e. The topological polar surface area (TPSA) is 17.1 Å². The molecule has 0 heterocycles. The Kier molecular flexibility index (Phi) is 2.66. The molecule has 0 aromatic heterocycles. The molecule has 1 heteroatoms. The number of benzene rings is 1. The first kappa shape index (κ1) is 9.72. The second kappa shape index (κ2) is 3.56. The van der Waals surface area contributed by atoms with E-state index in [-0.39, 0.29) is 0 Å². The van der Waals surface area contributed by atoms with Crippen molar-refractivity contribution in [2.24, 2.45) is 0 Å². The van der Waals surface area contributed by atoms with Gasteiger partial charge in [-0.05, 0) is 37.5 Å². The van der Waals surface area contributed by atoms with Gasteiger partial charge >= 0.3 is 0 Å². The van der Waals surface area contributed by atoms with Gasteiger partial charge in [0, 0.05) is 5.57 Å². The summed E-state index contributed by atoms with van der Waals surface area (Å²) in [5.74, 6) is 0. The highest BCUT2D eigenvalue weighted by molar-refractivity contribution is 6.07. The minimum absolute atomic E-state index is 0.565. The molecule has 0 aliphatic carbocycles. The van der Waals surface area contributed by atoms with Crippen LogP contribution in [0.3, 0.4) is 0 Å². The zero-order valence-corrected chi connectivity index (χ0v) is 8.35. The molecule has 0 bridgehead atoms. The molecule has 0 aliphatic rings. The van der Waals surface area contributed by atoms with Gasteiger partial charge in [0.05, 0.1) is 0 Å². The first-order valence-corrected chi connectivity index (χ1v) is 4.28. The quantitative estimate of drug-likeness (QED) is 0.497. The van der Waals surface area contributed by atoms with Crippen molar-refractivity contribution in [3.05, 3.63) is 41.0 Å². The third-order valence-corrected chi connectivity index (χ3v) is 2.14. The Hall–Kier alpha value is -1.37. The van der Waals surface area contributed by atoms with Crippen LogP contribution in [0, 0.1) is 20.8 Å². The van der Waals surface area contributed by atoms with E-state index in [4.69, 9.17) is 0 Å². The van der Waals surface area contributed by atoms with Crippen LogP contribution in [0.1, 0.15) is 22.3 Å². The SMILES string of the molecule is C=C(C=O)c1c(C)cc(C)cc1C. The lowest BCUT2D eigenvalue weighted by atomic mass is 9.95. The molecular weight excluding hydrogens is 160 g/mol. The van der Waals surface area contributed by atoms with Crippen LogP contribution < -0.4 is 0 Å². The van der Waals surface area contributed by atoms with Gasteiger partial charge in [0.15, 0.2) is 0 Å². The Balaban J connectivity index is 3.36. The fraction of sp³-hybridized carbons (Fsp3) is 0.250. The van der Waals surface area contributed by atoms with Gasteiger partial charge in [-0.15, -0.1) is 0 Å². The van der Waals surface area contributed by atoms with Crippen molar-refractivity contribution in [2.75, 3.05) is 0 Å². The second-order valence-electron chi connectivity index (χ2n) is 3.42. The molecule has 1 nitrogen and oxygen atoms in total. The summed E-state index contributed by atoms with van der Waals surface area (Å²) in [7, 11) is 0. The monoisotopic (exact) mass is 174 g/mol. The van der Waals surface area contributed by atoms with Gasteiger partial charge in [0.1, 0.15) is 6.29 Å². The summed E-state index contributed by atoms with van der Waals surface area (Å²) in [6, 6.07) is 4.13. The van der Waals surface area contributed by atoms with Crippen LogP contribution >= 0.6 is 0 Å². The molecule has 0 spiro atoms. The summed E-state index contributed by atoms with van der Waals surface area (Å²) >= 11 is 0. The summed E-state index contributed by atoms with van der Waals surface area (Å²) in [5.41, 5.74) is 5.01. The van der Waals surface area contributed by atoms with Gasteiger partial charge in [0.2, 0.25) is 0 Å². The minimum atomic E-state index is 0.565. The maximum absolute atomic E-state index is 10.6. The third kappa shape index (κ3) is 1.86. The highest BCUT2D eigenvalue weighted by atomic mass is 16.1. The van der Waals surface area contributed by atoms with Gasteiger partial charge in [-0.2, -0.15) is 0 Å². The molecular formula is C12H14O. The summed E-state index contributed by atoms with van der Waals surface area (Å²) in [6.07, 6.45) is 0.810. The zero-order valence-electron chi connectivity index (χ0n) is 8.35. The number of aryl methyl sites for hydroxylation is 3. The van der Waals surface area contributed by atoms with E-state index in [1.165, 1.54) is 5.56 Å². The van der Waals surface area contributed by atoms with Crippen molar-refractivity contribution >= 4 is 11.9 Å². The Morgan fingerprint density at radius 2 is 1.69 bits per heavy atom. The molecule has 0 saturated heterocycles. The van der Waals surface area contributed by atoms with Crippen molar-refractivity contribution < 1.29 is 4.79 Å². The average molecular weight is 174 g/mol. The predicted molar refractivity (Wildman–Crippen MR) is 55.8 cm³/mol. The molecule has 1 aromatic carbocycles. The molecule has 0 N–H and O–H groups in total.